The third-order valence-electron chi connectivity index (χ3n) is 2.89. The zero-order valence-electron chi connectivity index (χ0n) is 13.1. The van der Waals surface area contributed by atoms with E-state index in [1.165, 1.54) is 25.7 Å². The van der Waals surface area contributed by atoms with Gasteiger partial charge in [-0.2, -0.15) is 0 Å². The molecule has 0 aromatic heterocycles. The summed E-state index contributed by atoms with van der Waals surface area (Å²) >= 11 is 0. The van der Waals surface area contributed by atoms with Gasteiger partial charge in [-0.15, -0.1) is 12.4 Å². The predicted octanol–water partition coefficient (Wildman–Crippen LogP) is 4.11. The Bertz CT molecular complexity index is 420. The quantitative estimate of drug-likeness (QED) is 0.635. The minimum Gasteiger partial charge on any atom is -0.478 e. The fourth-order valence-electron chi connectivity index (χ4n) is 1.50. The van der Waals surface area contributed by atoms with Crippen molar-refractivity contribution in [3.05, 3.63) is 54.1 Å². The van der Waals surface area contributed by atoms with Crippen LogP contribution in [-0.4, -0.2) is 35.6 Å². The van der Waals surface area contributed by atoms with E-state index >= 15 is 0 Å². The molecule has 0 aliphatic rings. The number of carboxylic acids is 1. The topological polar surface area (TPSA) is 40.5 Å². The van der Waals surface area contributed by atoms with Crippen molar-refractivity contribution in [2.24, 2.45) is 0 Å². The molecule has 0 spiro atoms. The number of carbonyl (C=O) groups is 1. The first-order valence-electron chi connectivity index (χ1n) is 6.92. The molecule has 0 saturated heterocycles. The Labute approximate surface area is 134 Å². The van der Waals surface area contributed by atoms with Gasteiger partial charge in [-0.05, 0) is 31.3 Å². The monoisotopic (exact) mass is 311 g/mol. The summed E-state index contributed by atoms with van der Waals surface area (Å²) in [6.07, 6.45) is 3.20. The van der Waals surface area contributed by atoms with Crippen molar-refractivity contribution in [1.29, 1.82) is 0 Å². The SMILES string of the molecule is C=C(C=Cc1ccccc1)C(=O)O.CCN(CC)CC.Cl. The molecule has 0 fully saturated rings. The van der Waals surface area contributed by atoms with Crippen molar-refractivity contribution in [3.63, 3.8) is 0 Å². The number of hydrogen-bond acceptors (Lipinski definition) is 2. The minimum atomic E-state index is -0.993. The molecule has 21 heavy (non-hydrogen) atoms. The van der Waals surface area contributed by atoms with Crippen LogP contribution in [0.2, 0.25) is 0 Å². The van der Waals surface area contributed by atoms with E-state index in [0.717, 1.165) is 5.56 Å². The zero-order chi connectivity index (χ0) is 15.4. The molecule has 0 aliphatic carbocycles. The summed E-state index contributed by atoms with van der Waals surface area (Å²) in [6, 6.07) is 9.48. The van der Waals surface area contributed by atoms with Gasteiger partial charge in [-0.3, -0.25) is 0 Å². The van der Waals surface area contributed by atoms with Crippen molar-refractivity contribution in [2.75, 3.05) is 19.6 Å². The van der Waals surface area contributed by atoms with Crippen molar-refractivity contribution in [3.8, 4) is 0 Å². The Kier molecular flexibility index (Phi) is 13.9. The number of hydrogen-bond donors (Lipinski definition) is 1. The molecule has 118 valence electrons. The van der Waals surface area contributed by atoms with E-state index in [-0.39, 0.29) is 18.0 Å². The van der Waals surface area contributed by atoms with Gasteiger partial charge in [0.05, 0.1) is 5.57 Å². The molecule has 0 heterocycles. The summed E-state index contributed by atoms with van der Waals surface area (Å²) in [5, 5.41) is 8.51. The fourth-order valence-corrected chi connectivity index (χ4v) is 1.50. The van der Waals surface area contributed by atoms with Gasteiger partial charge in [0.15, 0.2) is 0 Å². The lowest BCUT2D eigenvalue weighted by atomic mass is 10.2. The summed E-state index contributed by atoms with van der Waals surface area (Å²) in [5.74, 6) is -0.993. The average Bonchev–Trinajstić information content (AvgIpc) is 2.48. The molecule has 1 N–H and O–H groups in total. The largest absolute Gasteiger partial charge is 0.478 e. The molecular formula is C17H26ClNO2. The molecule has 1 rings (SSSR count). The van der Waals surface area contributed by atoms with Crippen LogP contribution in [0.3, 0.4) is 0 Å². The second-order valence-corrected chi connectivity index (χ2v) is 4.19. The third-order valence-corrected chi connectivity index (χ3v) is 2.89. The van der Waals surface area contributed by atoms with Crippen LogP contribution >= 0.6 is 12.4 Å². The van der Waals surface area contributed by atoms with Gasteiger partial charge >= 0.3 is 5.97 Å². The summed E-state index contributed by atoms with van der Waals surface area (Å²) in [6.45, 7) is 13.5. The molecule has 1 aromatic carbocycles. The van der Waals surface area contributed by atoms with Gasteiger partial charge < -0.3 is 10.0 Å². The molecule has 0 amide bonds. The van der Waals surface area contributed by atoms with Gasteiger partial charge in [0.2, 0.25) is 0 Å². The first-order chi connectivity index (χ1) is 9.54. The van der Waals surface area contributed by atoms with Crippen LogP contribution in [-0.2, 0) is 4.79 Å². The number of rotatable bonds is 6. The van der Waals surface area contributed by atoms with Gasteiger partial charge in [0.1, 0.15) is 0 Å². The van der Waals surface area contributed by atoms with Gasteiger partial charge in [-0.25, -0.2) is 4.79 Å². The van der Waals surface area contributed by atoms with E-state index in [4.69, 9.17) is 5.11 Å². The Morgan fingerprint density at radius 1 is 1.14 bits per heavy atom. The van der Waals surface area contributed by atoms with Crippen LogP contribution in [0.5, 0.6) is 0 Å². The lowest BCUT2D eigenvalue weighted by molar-refractivity contribution is -0.132. The number of carboxylic acid groups (broad SMARTS) is 1. The average molecular weight is 312 g/mol. The first kappa shape index (κ1) is 21.7. The van der Waals surface area contributed by atoms with E-state index in [1.54, 1.807) is 6.08 Å². The Morgan fingerprint density at radius 3 is 1.95 bits per heavy atom. The lowest BCUT2D eigenvalue weighted by Crippen LogP contribution is -2.21. The van der Waals surface area contributed by atoms with Crippen LogP contribution in [0.1, 0.15) is 26.3 Å². The highest BCUT2D eigenvalue weighted by molar-refractivity contribution is 5.90. The van der Waals surface area contributed by atoms with Crippen molar-refractivity contribution in [1.82, 2.24) is 4.90 Å². The maximum Gasteiger partial charge on any atom is 0.335 e. The summed E-state index contributed by atoms with van der Waals surface area (Å²) < 4.78 is 0. The highest BCUT2D eigenvalue weighted by Gasteiger charge is 1.96. The molecular weight excluding hydrogens is 286 g/mol. The fraction of sp³-hybridized carbons (Fsp3) is 0.353. The second-order valence-electron chi connectivity index (χ2n) is 4.19. The van der Waals surface area contributed by atoms with Crippen molar-refractivity contribution >= 4 is 24.5 Å². The van der Waals surface area contributed by atoms with E-state index in [1.807, 2.05) is 30.3 Å². The second kappa shape index (κ2) is 13.4. The molecule has 1 aromatic rings. The molecule has 0 aliphatic heterocycles. The van der Waals surface area contributed by atoms with Crippen molar-refractivity contribution < 1.29 is 9.90 Å². The van der Waals surface area contributed by atoms with Gasteiger partial charge in [0.25, 0.3) is 0 Å². The first-order valence-corrected chi connectivity index (χ1v) is 6.92. The van der Waals surface area contributed by atoms with Crippen LogP contribution in [0.25, 0.3) is 6.08 Å². The van der Waals surface area contributed by atoms with Gasteiger partial charge in [0, 0.05) is 0 Å². The smallest absolute Gasteiger partial charge is 0.335 e. The van der Waals surface area contributed by atoms with Crippen molar-refractivity contribution in [2.45, 2.75) is 20.8 Å². The Hall–Kier alpha value is -1.58. The van der Waals surface area contributed by atoms with E-state index < -0.39 is 5.97 Å². The highest BCUT2D eigenvalue weighted by atomic mass is 35.5. The normalized spacial score (nSPS) is 9.71. The molecule has 4 heteroatoms. The molecule has 0 saturated carbocycles. The summed E-state index contributed by atoms with van der Waals surface area (Å²) in [7, 11) is 0. The summed E-state index contributed by atoms with van der Waals surface area (Å²) in [4.78, 5) is 12.7. The van der Waals surface area contributed by atoms with Crippen LogP contribution in [0.4, 0.5) is 0 Å². The molecule has 0 bridgehead atoms. The maximum atomic E-state index is 10.4. The molecule has 0 radical (unpaired) electrons. The van der Waals surface area contributed by atoms with Crippen LogP contribution in [0, 0.1) is 0 Å². The van der Waals surface area contributed by atoms with Gasteiger partial charge in [-0.1, -0.05) is 63.8 Å². The van der Waals surface area contributed by atoms with Crippen LogP contribution < -0.4 is 0 Å². The standard InChI is InChI=1S/C11H10O2.C6H15N.ClH/c1-9(11(12)13)7-8-10-5-3-2-4-6-10;1-4-7(5-2)6-3;/h2-8H,1H2,(H,12,13);4-6H2,1-3H3;1H. The van der Waals surface area contributed by atoms with Crippen LogP contribution in [0.15, 0.2) is 48.6 Å². The zero-order valence-corrected chi connectivity index (χ0v) is 13.9. The lowest BCUT2D eigenvalue weighted by Gasteiger charge is -2.13. The maximum absolute atomic E-state index is 10.4. The molecule has 0 unspecified atom stereocenters. The predicted molar refractivity (Wildman–Crippen MR) is 93.0 cm³/mol. The third kappa shape index (κ3) is 10.8. The number of halogens is 1. The van der Waals surface area contributed by atoms with E-state index in [0.29, 0.717) is 0 Å². The minimum absolute atomic E-state index is 0. The van der Waals surface area contributed by atoms with E-state index in [2.05, 4.69) is 32.3 Å². The molecule has 0 atom stereocenters. The number of nitrogens with zero attached hydrogens (tertiary/aromatic N) is 1. The molecule has 3 nitrogen and oxygen atoms in total. The Morgan fingerprint density at radius 2 is 1.62 bits per heavy atom. The number of aliphatic carboxylic acids is 1. The Balaban J connectivity index is 0. The number of benzene rings is 1. The highest BCUT2D eigenvalue weighted by Crippen LogP contribution is 2.03. The summed E-state index contributed by atoms with van der Waals surface area (Å²) in [5.41, 5.74) is 1.05. The van der Waals surface area contributed by atoms with E-state index in [9.17, 15) is 4.79 Å².